The maximum atomic E-state index is 11.6. The number of carboxylic acid groups (broad SMARTS) is 1. The molecule has 0 saturated carbocycles. The summed E-state index contributed by atoms with van der Waals surface area (Å²) in [6.45, 7) is 4.00. The number of hydrogen-bond donors (Lipinski definition) is 1. The van der Waals surface area contributed by atoms with E-state index in [2.05, 4.69) is 19.8 Å². The molecule has 6 nitrogen and oxygen atoms in total. The standard InChI is InChI=1S/C19H22N4O2/c24-18(25)17-13-22(12-15-5-1-2-6-16(15)17)11-14-9-20-19(21-10-14)23-7-3-4-8-23/h1-2,5-6,9-10,17H,3-4,7-8,11-13H2,(H,24,25). The molecule has 1 unspecified atom stereocenters. The van der Waals surface area contributed by atoms with Crippen LogP contribution in [-0.2, 0) is 17.9 Å². The van der Waals surface area contributed by atoms with Gasteiger partial charge in [-0.25, -0.2) is 9.97 Å². The van der Waals surface area contributed by atoms with E-state index < -0.39 is 11.9 Å². The van der Waals surface area contributed by atoms with Crippen LogP contribution in [0.15, 0.2) is 36.7 Å². The van der Waals surface area contributed by atoms with Crippen LogP contribution in [0.3, 0.4) is 0 Å². The minimum atomic E-state index is -0.766. The van der Waals surface area contributed by atoms with Crippen LogP contribution in [0.2, 0.25) is 0 Å². The summed E-state index contributed by atoms with van der Waals surface area (Å²) in [5, 5.41) is 9.57. The molecule has 2 aliphatic rings. The average molecular weight is 338 g/mol. The molecule has 3 heterocycles. The van der Waals surface area contributed by atoms with Gasteiger partial charge in [0, 0.05) is 50.7 Å². The van der Waals surface area contributed by atoms with Gasteiger partial charge in [-0.2, -0.15) is 0 Å². The van der Waals surface area contributed by atoms with Crippen molar-refractivity contribution in [2.45, 2.75) is 31.8 Å². The third kappa shape index (κ3) is 3.35. The molecule has 1 N–H and O–H groups in total. The Labute approximate surface area is 147 Å². The number of aliphatic carboxylic acids is 1. The first-order chi connectivity index (χ1) is 12.2. The Kier molecular flexibility index (Phi) is 4.36. The molecule has 1 aromatic heterocycles. The fourth-order valence-corrected chi connectivity index (χ4v) is 3.78. The van der Waals surface area contributed by atoms with Gasteiger partial charge >= 0.3 is 5.97 Å². The van der Waals surface area contributed by atoms with Crippen LogP contribution in [-0.4, -0.2) is 45.6 Å². The largest absolute Gasteiger partial charge is 0.481 e. The summed E-state index contributed by atoms with van der Waals surface area (Å²) in [6, 6.07) is 7.83. The first kappa shape index (κ1) is 16.0. The zero-order valence-electron chi connectivity index (χ0n) is 14.1. The van der Waals surface area contributed by atoms with Crippen LogP contribution in [0.4, 0.5) is 5.95 Å². The van der Waals surface area contributed by atoms with Gasteiger partial charge in [0.1, 0.15) is 0 Å². The first-order valence-electron chi connectivity index (χ1n) is 8.79. The second kappa shape index (κ2) is 6.80. The average Bonchev–Trinajstić information content (AvgIpc) is 3.16. The number of fused-ring (bicyclic) bond motifs is 1. The van der Waals surface area contributed by atoms with Gasteiger partial charge in [0.05, 0.1) is 5.92 Å². The van der Waals surface area contributed by atoms with Crippen molar-refractivity contribution in [1.29, 1.82) is 0 Å². The summed E-state index contributed by atoms with van der Waals surface area (Å²) in [7, 11) is 0. The van der Waals surface area contributed by atoms with E-state index in [1.165, 1.54) is 12.8 Å². The lowest BCUT2D eigenvalue weighted by atomic mass is 9.89. The second-order valence-corrected chi connectivity index (χ2v) is 6.84. The van der Waals surface area contributed by atoms with Crippen molar-refractivity contribution >= 4 is 11.9 Å². The molecule has 2 aromatic rings. The lowest BCUT2D eigenvalue weighted by Gasteiger charge is -2.32. The quantitative estimate of drug-likeness (QED) is 0.922. The maximum absolute atomic E-state index is 11.6. The monoisotopic (exact) mass is 338 g/mol. The Bertz CT molecular complexity index is 756. The molecule has 1 aromatic carbocycles. The van der Waals surface area contributed by atoms with E-state index in [1.807, 2.05) is 36.7 Å². The molecular weight excluding hydrogens is 316 g/mol. The molecule has 0 spiro atoms. The number of aromatic nitrogens is 2. The zero-order valence-corrected chi connectivity index (χ0v) is 14.1. The summed E-state index contributed by atoms with van der Waals surface area (Å²) < 4.78 is 0. The Morgan fingerprint density at radius 3 is 2.60 bits per heavy atom. The Morgan fingerprint density at radius 2 is 1.88 bits per heavy atom. The van der Waals surface area contributed by atoms with E-state index >= 15 is 0 Å². The van der Waals surface area contributed by atoms with Gasteiger partial charge in [0.15, 0.2) is 0 Å². The number of hydrogen-bond acceptors (Lipinski definition) is 5. The summed E-state index contributed by atoms with van der Waals surface area (Å²) in [5.41, 5.74) is 3.05. The minimum Gasteiger partial charge on any atom is -0.481 e. The summed E-state index contributed by atoms with van der Waals surface area (Å²) in [6.07, 6.45) is 6.15. The van der Waals surface area contributed by atoms with Crippen molar-refractivity contribution in [3.63, 3.8) is 0 Å². The van der Waals surface area contributed by atoms with Crippen LogP contribution in [0.1, 0.15) is 35.4 Å². The summed E-state index contributed by atoms with van der Waals surface area (Å²) in [4.78, 5) is 25.0. The van der Waals surface area contributed by atoms with Crippen LogP contribution < -0.4 is 4.90 Å². The van der Waals surface area contributed by atoms with Crippen molar-refractivity contribution in [3.05, 3.63) is 53.3 Å². The SMILES string of the molecule is O=C(O)C1CN(Cc2cnc(N3CCCC3)nc2)Cc2ccccc21. The van der Waals surface area contributed by atoms with E-state index in [0.717, 1.165) is 42.3 Å². The number of carbonyl (C=O) groups is 1. The molecule has 25 heavy (non-hydrogen) atoms. The zero-order chi connectivity index (χ0) is 17.2. The highest BCUT2D eigenvalue weighted by molar-refractivity contribution is 5.77. The predicted molar refractivity (Wildman–Crippen MR) is 94.4 cm³/mol. The smallest absolute Gasteiger partial charge is 0.312 e. The molecule has 1 atom stereocenters. The predicted octanol–water partition coefficient (Wildman–Crippen LogP) is 2.26. The van der Waals surface area contributed by atoms with Gasteiger partial charge in [0.2, 0.25) is 5.95 Å². The molecule has 0 radical (unpaired) electrons. The third-order valence-electron chi connectivity index (χ3n) is 5.05. The Hall–Kier alpha value is -2.47. The van der Waals surface area contributed by atoms with Crippen molar-refractivity contribution < 1.29 is 9.90 Å². The van der Waals surface area contributed by atoms with Gasteiger partial charge < -0.3 is 10.0 Å². The number of rotatable bonds is 4. The first-order valence-corrected chi connectivity index (χ1v) is 8.79. The molecule has 130 valence electrons. The van der Waals surface area contributed by atoms with Crippen molar-refractivity contribution in [2.24, 2.45) is 0 Å². The van der Waals surface area contributed by atoms with Gasteiger partial charge in [-0.15, -0.1) is 0 Å². The number of benzene rings is 1. The third-order valence-corrected chi connectivity index (χ3v) is 5.05. The van der Waals surface area contributed by atoms with Crippen molar-refractivity contribution in [3.8, 4) is 0 Å². The minimum absolute atomic E-state index is 0.477. The lowest BCUT2D eigenvalue weighted by molar-refractivity contribution is -0.139. The topological polar surface area (TPSA) is 69.6 Å². The molecule has 1 saturated heterocycles. The molecule has 2 aliphatic heterocycles. The van der Waals surface area contributed by atoms with E-state index in [-0.39, 0.29) is 0 Å². The molecule has 6 heteroatoms. The van der Waals surface area contributed by atoms with Crippen molar-refractivity contribution in [2.75, 3.05) is 24.5 Å². The van der Waals surface area contributed by atoms with Crippen LogP contribution in [0.5, 0.6) is 0 Å². The highest BCUT2D eigenvalue weighted by atomic mass is 16.4. The maximum Gasteiger partial charge on any atom is 0.312 e. The molecular formula is C19H22N4O2. The normalized spacial score (nSPS) is 20.5. The van der Waals surface area contributed by atoms with E-state index in [0.29, 0.717) is 13.1 Å². The Balaban J connectivity index is 1.48. The fraction of sp³-hybridized carbons (Fsp3) is 0.421. The number of carboxylic acids is 1. The van der Waals surface area contributed by atoms with Gasteiger partial charge in [-0.05, 0) is 24.0 Å². The van der Waals surface area contributed by atoms with E-state index in [9.17, 15) is 9.90 Å². The van der Waals surface area contributed by atoms with Gasteiger partial charge in [0.25, 0.3) is 0 Å². The fourth-order valence-electron chi connectivity index (χ4n) is 3.78. The Morgan fingerprint density at radius 1 is 1.16 bits per heavy atom. The highest BCUT2D eigenvalue weighted by Crippen LogP contribution is 2.29. The van der Waals surface area contributed by atoms with Gasteiger partial charge in [-0.3, -0.25) is 9.69 Å². The van der Waals surface area contributed by atoms with Crippen LogP contribution in [0, 0.1) is 0 Å². The van der Waals surface area contributed by atoms with E-state index in [1.54, 1.807) is 0 Å². The summed E-state index contributed by atoms with van der Waals surface area (Å²) in [5.74, 6) is -0.443. The van der Waals surface area contributed by atoms with Crippen LogP contribution >= 0.6 is 0 Å². The second-order valence-electron chi connectivity index (χ2n) is 6.84. The number of nitrogens with zero attached hydrogens (tertiary/aromatic N) is 4. The van der Waals surface area contributed by atoms with Crippen LogP contribution in [0.25, 0.3) is 0 Å². The molecule has 0 aliphatic carbocycles. The lowest BCUT2D eigenvalue weighted by Crippen LogP contribution is -2.36. The number of anilines is 1. The molecule has 1 fully saturated rings. The van der Waals surface area contributed by atoms with Gasteiger partial charge in [-0.1, -0.05) is 24.3 Å². The molecule has 0 bridgehead atoms. The van der Waals surface area contributed by atoms with E-state index in [4.69, 9.17) is 0 Å². The molecule has 4 rings (SSSR count). The van der Waals surface area contributed by atoms with Crippen molar-refractivity contribution in [1.82, 2.24) is 14.9 Å². The summed E-state index contributed by atoms with van der Waals surface area (Å²) >= 11 is 0. The highest BCUT2D eigenvalue weighted by Gasteiger charge is 2.30. The molecule has 0 amide bonds.